The summed E-state index contributed by atoms with van der Waals surface area (Å²) in [7, 11) is 0. The zero-order chi connectivity index (χ0) is 18.0. The number of nitrogens with one attached hydrogen (secondary N) is 2. The van der Waals surface area contributed by atoms with Crippen molar-refractivity contribution in [3.05, 3.63) is 29.8 Å². The molecule has 2 N–H and O–H groups in total. The van der Waals surface area contributed by atoms with E-state index in [1.807, 2.05) is 11.0 Å². The predicted octanol–water partition coefficient (Wildman–Crippen LogP) is 0.878. The number of hydrogen-bond acceptors (Lipinski definition) is 4. The molecule has 2 unspecified atom stereocenters. The number of carbonyl (C=O) groups excluding carboxylic acids is 3. The Labute approximate surface area is 147 Å². The second-order valence-electron chi connectivity index (χ2n) is 6.77. The van der Waals surface area contributed by atoms with Crippen LogP contribution in [0, 0.1) is 12.8 Å². The zero-order valence-electron chi connectivity index (χ0n) is 14.6. The van der Waals surface area contributed by atoms with Gasteiger partial charge in [0.25, 0.3) is 0 Å². The first-order chi connectivity index (χ1) is 11.9. The maximum absolute atomic E-state index is 12.6. The first kappa shape index (κ1) is 17.3. The molecular formula is C18H24N4O3. The van der Waals surface area contributed by atoms with Crippen LogP contribution in [0.4, 0.5) is 10.5 Å². The first-order valence-corrected chi connectivity index (χ1v) is 8.65. The third-order valence-corrected chi connectivity index (χ3v) is 4.93. The minimum absolute atomic E-state index is 0.0351. The van der Waals surface area contributed by atoms with E-state index in [0.717, 1.165) is 13.1 Å². The standard InChI is InChI=1S/C18H24N4O3/c1-12-4-3-5-14(10-12)21-6-8-22(9-7-21)16(23)11-15-13(2)19-18(25)20-17(15)24/h3-5,10,13,15H,6-9,11H2,1-2H3,(H2,19,20,24,25). The number of piperazine rings is 1. The topological polar surface area (TPSA) is 81.8 Å². The highest BCUT2D eigenvalue weighted by Gasteiger charge is 2.35. The maximum Gasteiger partial charge on any atom is 0.321 e. The van der Waals surface area contributed by atoms with Crippen molar-refractivity contribution in [2.24, 2.45) is 5.92 Å². The van der Waals surface area contributed by atoms with Crippen molar-refractivity contribution < 1.29 is 14.4 Å². The first-order valence-electron chi connectivity index (χ1n) is 8.65. The number of carbonyl (C=O) groups is 3. The van der Waals surface area contributed by atoms with E-state index in [0.29, 0.717) is 13.1 Å². The Morgan fingerprint density at radius 1 is 1.20 bits per heavy atom. The summed E-state index contributed by atoms with van der Waals surface area (Å²) in [5.74, 6) is -0.921. The number of hydrogen-bond donors (Lipinski definition) is 2. The van der Waals surface area contributed by atoms with E-state index in [9.17, 15) is 14.4 Å². The van der Waals surface area contributed by atoms with Gasteiger partial charge in [0.15, 0.2) is 0 Å². The number of anilines is 1. The molecule has 7 heteroatoms. The van der Waals surface area contributed by atoms with Crippen molar-refractivity contribution >= 4 is 23.5 Å². The highest BCUT2D eigenvalue weighted by atomic mass is 16.2. The molecule has 3 rings (SSSR count). The molecule has 1 aromatic rings. The summed E-state index contributed by atoms with van der Waals surface area (Å²) in [4.78, 5) is 39.8. The fraction of sp³-hybridized carbons (Fsp3) is 0.500. The van der Waals surface area contributed by atoms with Crippen LogP contribution in [0.3, 0.4) is 0 Å². The molecule has 25 heavy (non-hydrogen) atoms. The van der Waals surface area contributed by atoms with Gasteiger partial charge < -0.3 is 15.1 Å². The van der Waals surface area contributed by atoms with Gasteiger partial charge in [0, 0.05) is 44.3 Å². The Balaban J connectivity index is 1.55. The van der Waals surface area contributed by atoms with Crippen LogP contribution in [0.15, 0.2) is 24.3 Å². The van der Waals surface area contributed by atoms with Crippen LogP contribution < -0.4 is 15.5 Å². The largest absolute Gasteiger partial charge is 0.368 e. The average molecular weight is 344 g/mol. The van der Waals surface area contributed by atoms with E-state index in [1.165, 1.54) is 11.3 Å². The van der Waals surface area contributed by atoms with Gasteiger partial charge in [-0.05, 0) is 31.5 Å². The molecule has 0 radical (unpaired) electrons. The Morgan fingerprint density at radius 2 is 1.92 bits per heavy atom. The summed E-state index contributed by atoms with van der Waals surface area (Å²) in [6.45, 7) is 6.66. The molecule has 0 spiro atoms. The van der Waals surface area contributed by atoms with Gasteiger partial charge in [-0.2, -0.15) is 0 Å². The molecule has 2 fully saturated rings. The van der Waals surface area contributed by atoms with Crippen molar-refractivity contribution in [3.8, 4) is 0 Å². The van der Waals surface area contributed by atoms with E-state index < -0.39 is 11.9 Å². The molecule has 2 aliphatic heterocycles. The summed E-state index contributed by atoms with van der Waals surface area (Å²) in [6.07, 6.45) is 0.123. The second kappa shape index (κ2) is 7.13. The molecule has 2 atom stereocenters. The lowest BCUT2D eigenvalue weighted by Crippen LogP contribution is -2.58. The van der Waals surface area contributed by atoms with Crippen LogP contribution >= 0.6 is 0 Å². The van der Waals surface area contributed by atoms with Gasteiger partial charge in [-0.25, -0.2) is 4.79 Å². The summed E-state index contributed by atoms with van der Waals surface area (Å²) in [5, 5.41) is 4.89. The second-order valence-corrected chi connectivity index (χ2v) is 6.77. The van der Waals surface area contributed by atoms with E-state index in [2.05, 4.69) is 40.7 Å². The SMILES string of the molecule is Cc1cccc(N2CCN(C(=O)CC3C(=O)NC(=O)NC3C)CC2)c1. The van der Waals surface area contributed by atoms with Crippen LogP contribution in [0.1, 0.15) is 18.9 Å². The maximum atomic E-state index is 12.6. The van der Waals surface area contributed by atoms with Crippen molar-refractivity contribution in [1.29, 1.82) is 0 Å². The summed E-state index contributed by atoms with van der Waals surface area (Å²) < 4.78 is 0. The Bertz CT molecular complexity index is 683. The van der Waals surface area contributed by atoms with E-state index in [-0.39, 0.29) is 24.3 Å². The molecule has 2 saturated heterocycles. The minimum Gasteiger partial charge on any atom is -0.368 e. The summed E-state index contributed by atoms with van der Waals surface area (Å²) in [5.41, 5.74) is 2.39. The molecule has 1 aromatic carbocycles. The van der Waals surface area contributed by atoms with Crippen molar-refractivity contribution in [2.45, 2.75) is 26.3 Å². The molecule has 0 saturated carbocycles. The number of rotatable bonds is 3. The number of aryl methyl sites for hydroxylation is 1. The van der Waals surface area contributed by atoms with Crippen molar-refractivity contribution in [2.75, 3.05) is 31.1 Å². The number of imide groups is 1. The molecule has 0 aliphatic carbocycles. The third kappa shape index (κ3) is 3.92. The average Bonchev–Trinajstić information content (AvgIpc) is 2.58. The molecule has 2 aliphatic rings. The molecule has 2 heterocycles. The number of urea groups is 1. The molecule has 4 amide bonds. The zero-order valence-corrected chi connectivity index (χ0v) is 14.6. The lowest BCUT2D eigenvalue weighted by molar-refractivity contribution is -0.137. The van der Waals surface area contributed by atoms with Crippen molar-refractivity contribution in [1.82, 2.24) is 15.5 Å². The summed E-state index contributed by atoms with van der Waals surface area (Å²) in [6, 6.07) is 7.51. The Hall–Kier alpha value is -2.57. The molecule has 0 bridgehead atoms. The number of benzene rings is 1. The molecule has 134 valence electrons. The quantitative estimate of drug-likeness (QED) is 0.853. The van der Waals surface area contributed by atoms with Crippen LogP contribution in [-0.2, 0) is 9.59 Å². The van der Waals surface area contributed by atoms with Gasteiger partial charge in [0.1, 0.15) is 0 Å². The Kier molecular flexibility index (Phi) is 4.92. The van der Waals surface area contributed by atoms with Gasteiger partial charge in [0.05, 0.1) is 5.92 Å². The van der Waals surface area contributed by atoms with E-state index in [1.54, 1.807) is 6.92 Å². The number of nitrogens with zero attached hydrogens (tertiary/aromatic N) is 2. The highest BCUT2D eigenvalue weighted by molar-refractivity contribution is 6.00. The fourth-order valence-corrected chi connectivity index (χ4v) is 3.40. The van der Waals surface area contributed by atoms with E-state index >= 15 is 0 Å². The van der Waals surface area contributed by atoms with Gasteiger partial charge in [0.2, 0.25) is 11.8 Å². The lowest BCUT2D eigenvalue weighted by Gasteiger charge is -2.37. The molecular weight excluding hydrogens is 320 g/mol. The van der Waals surface area contributed by atoms with Crippen LogP contribution in [0.25, 0.3) is 0 Å². The van der Waals surface area contributed by atoms with Crippen LogP contribution in [-0.4, -0.2) is 55.0 Å². The van der Waals surface area contributed by atoms with Crippen LogP contribution in [0.2, 0.25) is 0 Å². The smallest absolute Gasteiger partial charge is 0.321 e. The summed E-state index contributed by atoms with van der Waals surface area (Å²) >= 11 is 0. The predicted molar refractivity (Wildman–Crippen MR) is 94.2 cm³/mol. The monoisotopic (exact) mass is 344 g/mol. The lowest BCUT2D eigenvalue weighted by atomic mass is 9.94. The highest BCUT2D eigenvalue weighted by Crippen LogP contribution is 2.20. The van der Waals surface area contributed by atoms with Gasteiger partial charge in [-0.1, -0.05) is 12.1 Å². The van der Waals surface area contributed by atoms with Crippen molar-refractivity contribution in [3.63, 3.8) is 0 Å². The van der Waals surface area contributed by atoms with Gasteiger partial charge in [-0.3, -0.25) is 14.9 Å². The fourth-order valence-electron chi connectivity index (χ4n) is 3.40. The molecule has 0 aromatic heterocycles. The number of amides is 4. The molecule has 7 nitrogen and oxygen atoms in total. The third-order valence-electron chi connectivity index (χ3n) is 4.93. The van der Waals surface area contributed by atoms with Gasteiger partial charge >= 0.3 is 6.03 Å². The van der Waals surface area contributed by atoms with E-state index in [4.69, 9.17) is 0 Å². The van der Waals surface area contributed by atoms with Crippen LogP contribution in [0.5, 0.6) is 0 Å². The normalized spacial score (nSPS) is 23.9. The minimum atomic E-state index is -0.514. The van der Waals surface area contributed by atoms with Gasteiger partial charge in [-0.15, -0.1) is 0 Å². The Morgan fingerprint density at radius 3 is 2.56 bits per heavy atom.